The van der Waals surface area contributed by atoms with Gasteiger partial charge in [0.1, 0.15) is 11.7 Å². The van der Waals surface area contributed by atoms with Crippen molar-refractivity contribution in [3.8, 4) is 23.0 Å². The lowest BCUT2D eigenvalue weighted by Crippen LogP contribution is -2.64. The van der Waals surface area contributed by atoms with E-state index >= 15 is 0 Å². The number of nitrogens with zero attached hydrogens (tertiary/aromatic N) is 2. The van der Waals surface area contributed by atoms with E-state index in [-0.39, 0.29) is 53.7 Å². The molecule has 54 heavy (non-hydrogen) atoms. The van der Waals surface area contributed by atoms with Crippen molar-refractivity contribution in [2.75, 3.05) is 31.9 Å². The Kier molecular flexibility index (Phi) is 12.6. The molecule has 5 rings (SSSR count). The molecule has 0 aromatic heterocycles. The Hall–Kier alpha value is -5.94. The lowest BCUT2D eigenvalue weighted by atomic mass is 9.96. The normalized spacial score (nSPS) is 16.8. The van der Waals surface area contributed by atoms with Crippen molar-refractivity contribution in [1.29, 1.82) is 0 Å². The van der Waals surface area contributed by atoms with E-state index in [1.54, 1.807) is 30.3 Å². The van der Waals surface area contributed by atoms with Gasteiger partial charge in [-0.3, -0.25) is 28.9 Å². The summed E-state index contributed by atoms with van der Waals surface area (Å²) in [7, 11) is 0. The van der Waals surface area contributed by atoms with Gasteiger partial charge in [0.05, 0.1) is 34.0 Å². The van der Waals surface area contributed by atoms with Crippen LogP contribution in [0, 0.1) is 5.92 Å². The number of phenols is 4. The third-order valence-electron chi connectivity index (χ3n) is 8.70. The fourth-order valence-electron chi connectivity index (χ4n) is 5.92. The molecule has 3 atom stereocenters. The predicted molar refractivity (Wildman–Crippen MR) is 194 cm³/mol. The molecule has 284 valence electrons. The van der Waals surface area contributed by atoms with E-state index in [1.807, 2.05) is 0 Å². The molecule has 0 spiro atoms. The lowest BCUT2D eigenvalue weighted by molar-refractivity contribution is -0.152. The Morgan fingerprint density at radius 2 is 1.52 bits per heavy atom. The van der Waals surface area contributed by atoms with Gasteiger partial charge in [0.15, 0.2) is 23.0 Å². The van der Waals surface area contributed by atoms with Gasteiger partial charge < -0.3 is 46.4 Å². The molecule has 0 saturated carbocycles. The quantitative estimate of drug-likeness (QED) is 0.0629. The zero-order chi connectivity index (χ0) is 39.1. The van der Waals surface area contributed by atoms with Crippen LogP contribution in [0.2, 0.25) is 0 Å². The van der Waals surface area contributed by atoms with E-state index in [1.165, 1.54) is 48.2 Å². The van der Waals surface area contributed by atoms with E-state index in [0.717, 1.165) is 9.80 Å². The number of rotatable bonds is 15. The summed E-state index contributed by atoms with van der Waals surface area (Å²) in [5.41, 5.74) is -0.325. The average molecular weight is 782 g/mol. The molecule has 16 nitrogen and oxygen atoms in total. The van der Waals surface area contributed by atoms with Gasteiger partial charge in [-0.1, -0.05) is 54.1 Å². The number of carbonyl (C=O) groups is 6. The summed E-state index contributed by atoms with van der Waals surface area (Å²) >= 11 is 7.32. The van der Waals surface area contributed by atoms with E-state index in [2.05, 4.69) is 16.0 Å². The van der Waals surface area contributed by atoms with Gasteiger partial charge in [0.2, 0.25) is 17.7 Å². The zero-order valence-electron chi connectivity index (χ0n) is 28.4. The molecule has 0 bridgehead atoms. The summed E-state index contributed by atoms with van der Waals surface area (Å²) in [6, 6.07) is 14.7. The van der Waals surface area contributed by atoms with E-state index in [4.69, 9.17) is 11.6 Å². The monoisotopic (exact) mass is 781 g/mol. The fraction of sp³-hybridized carbons (Fsp3) is 0.278. The maximum Gasteiger partial charge on any atom is 0.353 e. The second kappa shape index (κ2) is 17.3. The van der Waals surface area contributed by atoms with Gasteiger partial charge in [0, 0.05) is 25.4 Å². The third-order valence-corrected chi connectivity index (χ3v) is 10.5. The molecule has 2 aliphatic heterocycles. The number of aliphatic carboxylic acids is 1. The number of β-lactam (4-membered cyclic amide) rings is 1. The lowest BCUT2D eigenvalue weighted by Gasteiger charge is -2.49. The summed E-state index contributed by atoms with van der Waals surface area (Å²) in [5.74, 6) is -7.60. The average Bonchev–Trinajstić information content (AvgIpc) is 3.15. The van der Waals surface area contributed by atoms with Crippen molar-refractivity contribution < 1.29 is 54.3 Å². The predicted octanol–water partition coefficient (Wildman–Crippen LogP) is 2.20. The van der Waals surface area contributed by atoms with Crippen LogP contribution in [0.3, 0.4) is 0 Å². The summed E-state index contributed by atoms with van der Waals surface area (Å²) in [4.78, 5) is 80.1. The molecule has 0 aliphatic carbocycles. The second-order valence-corrected chi connectivity index (χ2v) is 13.8. The molecule has 2 heterocycles. The van der Waals surface area contributed by atoms with Crippen molar-refractivity contribution in [2.24, 2.45) is 5.92 Å². The number of aromatic hydroxyl groups is 4. The van der Waals surface area contributed by atoms with Crippen molar-refractivity contribution in [2.45, 2.75) is 24.3 Å². The van der Waals surface area contributed by atoms with Crippen molar-refractivity contribution in [1.82, 2.24) is 25.8 Å². The highest BCUT2D eigenvalue weighted by molar-refractivity contribution is 8.00. The number of carboxylic acids is 1. The maximum absolute atomic E-state index is 13.6. The first kappa shape index (κ1) is 39.3. The van der Waals surface area contributed by atoms with Crippen LogP contribution < -0.4 is 16.0 Å². The number of hydrogen-bond acceptors (Lipinski definition) is 11. The van der Waals surface area contributed by atoms with Crippen LogP contribution in [0.4, 0.5) is 0 Å². The minimum absolute atomic E-state index is 0.0381. The van der Waals surface area contributed by atoms with Gasteiger partial charge in [-0.05, 0) is 42.7 Å². The topological polar surface area (TPSA) is 246 Å². The largest absolute Gasteiger partial charge is 0.504 e. The number of halogens is 1. The molecule has 3 aromatic rings. The standard InChI is InChI=1S/C36H36ClN5O11S/c37-23-18-54-35-22(34(51)42(35)28(23)36(52)53)16-39-32(49)27(19-8-2-1-3-9-19)40-26(45)17-41(33(50)21-11-7-13-25(44)30(21)47)15-5-4-14-38-31(48)20-10-6-12-24(43)29(20)46/h1-3,6-13,22,27,35,43-44,46-47H,4-5,14-18H2,(H,38,48)(H,39,49)(H,40,45)(H,52,53)/t22-,27-,35-/m1/s1. The summed E-state index contributed by atoms with van der Waals surface area (Å²) in [6.45, 7) is -0.712. The molecule has 2 aliphatic rings. The SMILES string of the molecule is O=C(CN(CCCCNC(=O)c1cccc(O)c1O)C(=O)c1cccc(O)c1O)N[C@@H](C(=O)NC[C@@H]1C(=O)N2C(C(=O)O)=C(Cl)CS[C@H]12)c1ccccc1. The van der Waals surface area contributed by atoms with Crippen LogP contribution in [-0.2, 0) is 19.2 Å². The van der Waals surface area contributed by atoms with E-state index < -0.39 is 82.4 Å². The van der Waals surface area contributed by atoms with Gasteiger partial charge >= 0.3 is 5.97 Å². The van der Waals surface area contributed by atoms with Crippen LogP contribution >= 0.6 is 23.4 Å². The minimum atomic E-state index is -1.34. The van der Waals surface area contributed by atoms with Crippen molar-refractivity contribution >= 4 is 58.9 Å². The number of nitrogens with one attached hydrogen (secondary N) is 3. The molecular weight excluding hydrogens is 746 g/mol. The van der Waals surface area contributed by atoms with Crippen LogP contribution in [0.5, 0.6) is 23.0 Å². The first-order valence-corrected chi connectivity index (χ1v) is 18.0. The Morgan fingerprint density at radius 3 is 2.19 bits per heavy atom. The molecule has 1 fully saturated rings. The molecule has 8 N–H and O–H groups in total. The number of carboxylic acid groups (broad SMARTS) is 1. The number of phenolic OH excluding ortho intramolecular Hbond substituents is 4. The van der Waals surface area contributed by atoms with E-state index in [9.17, 15) is 54.3 Å². The van der Waals surface area contributed by atoms with Crippen molar-refractivity contribution in [3.63, 3.8) is 0 Å². The Morgan fingerprint density at radius 1 is 0.870 bits per heavy atom. The highest BCUT2D eigenvalue weighted by atomic mass is 35.5. The Bertz CT molecular complexity index is 2000. The second-order valence-electron chi connectivity index (χ2n) is 12.3. The highest BCUT2D eigenvalue weighted by Gasteiger charge is 2.53. The molecule has 0 radical (unpaired) electrons. The van der Waals surface area contributed by atoms with E-state index in [0.29, 0.717) is 12.0 Å². The highest BCUT2D eigenvalue weighted by Crippen LogP contribution is 2.44. The summed E-state index contributed by atoms with van der Waals surface area (Å²) < 4.78 is 0. The molecule has 0 unspecified atom stereocenters. The Labute approximate surface area is 317 Å². The third kappa shape index (κ3) is 8.64. The number of para-hydroxylation sites is 2. The van der Waals surface area contributed by atoms with Gasteiger partial charge in [0.25, 0.3) is 11.8 Å². The summed E-state index contributed by atoms with van der Waals surface area (Å²) in [6.07, 6.45) is 0.535. The first-order chi connectivity index (χ1) is 25.8. The zero-order valence-corrected chi connectivity index (χ0v) is 30.0. The number of carbonyl (C=O) groups excluding carboxylic acids is 5. The molecule has 1 saturated heterocycles. The summed E-state index contributed by atoms with van der Waals surface area (Å²) in [5, 5.41) is 57.0. The number of amides is 5. The molecular formula is C36H36ClN5O11S. The van der Waals surface area contributed by atoms with Gasteiger partial charge in [-0.15, -0.1) is 11.8 Å². The first-order valence-electron chi connectivity index (χ1n) is 16.6. The smallest absolute Gasteiger partial charge is 0.353 e. The Balaban J connectivity index is 1.25. The van der Waals surface area contributed by atoms with Crippen LogP contribution in [-0.4, -0.2) is 108 Å². The van der Waals surface area contributed by atoms with Crippen LogP contribution in [0.25, 0.3) is 0 Å². The molecule has 18 heteroatoms. The maximum atomic E-state index is 13.6. The number of hydrogen-bond donors (Lipinski definition) is 8. The van der Waals surface area contributed by atoms with Crippen molar-refractivity contribution in [3.05, 3.63) is 94.1 Å². The molecule has 3 aromatic carbocycles. The number of thioether (sulfide) groups is 1. The number of benzene rings is 3. The van der Waals surface area contributed by atoms with Gasteiger partial charge in [-0.25, -0.2) is 4.79 Å². The van der Waals surface area contributed by atoms with Gasteiger partial charge in [-0.2, -0.15) is 0 Å². The van der Waals surface area contributed by atoms with Crippen LogP contribution in [0.15, 0.2) is 77.5 Å². The minimum Gasteiger partial charge on any atom is -0.504 e. The fourth-order valence-corrected chi connectivity index (χ4v) is 7.54. The number of fused-ring (bicyclic) bond motifs is 1. The van der Waals surface area contributed by atoms with Crippen LogP contribution in [0.1, 0.15) is 45.2 Å². The molecule has 5 amide bonds. The number of unbranched alkanes of at least 4 members (excludes halogenated alkanes) is 1.